The van der Waals surface area contributed by atoms with E-state index >= 15 is 0 Å². The van der Waals surface area contributed by atoms with Gasteiger partial charge in [0, 0.05) is 36.8 Å². The van der Waals surface area contributed by atoms with E-state index in [1.807, 2.05) is 6.20 Å². The van der Waals surface area contributed by atoms with Crippen molar-refractivity contribution in [2.45, 2.75) is 25.5 Å². The third-order valence-electron chi connectivity index (χ3n) is 2.95. The Bertz CT molecular complexity index is 402. The molecule has 6 heteroatoms. The van der Waals surface area contributed by atoms with Gasteiger partial charge in [-0.25, -0.2) is 4.98 Å². The first-order valence-corrected chi connectivity index (χ1v) is 8.21. The van der Waals surface area contributed by atoms with E-state index < -0.39 is 0 Å². The van der Waals surface area contributed by atoms with Crippen molar-refractivity contribution in [2.75, 3.05) is 35.6 Å². The molecule has 0 amide bonds. The summed E-state index contributed by atoms with van der Waals surface area (Å²) in [6.45, 7) is 7.27. The predicted octanol–water partition coefficient (Wildman–Crippen LogP) is 3.00. The maximum Gasteiger partial charge on any atom is 0.224 e. The van der Waals surface area contributed by atoms with E-state index in [0.29, 0.717) is 11.2 Å². The minimum absolute atomic E-state index is 0.710. The lowest BCUT2D eigenvalue weighted by atomic mass is 10.3. The van der Waals surface area contributed by atoms with Crippen molar-refractivity contribution in [3.05, 3.63) is 10.7 Å². The van der Waals surface area contributed by atoms with E-state index in [4.69, 9.17) is 0 Å². The zero-order valence-electron chi connectivity index (χ0n) is 10.8. The number of aromatic nitrogens is 2. The topological polar surface area (TPSA) is 41.1 Å². The van der Waals surface area contributed by atoms with Crippen molar-refractivity contribution in [3.8, 4) is 0 Å². The minimum Gasteiger partial charge on any atom is -0.354 e. The second-order valence-corrected chi connectivity index (χ2v) is 6.51. The van der Waals surface area contributed by atoms with Gasteiger partial charge in [-0.2, -0.15) is 16.7 Å². The van der Waals surface area contributed by atoms with Crippen LogP contribution in [0.25, 0.3) is 0 Å². The number of hydrogen-bond acceptors (Lipinski definition) is 5. The SMILES string of the molecule is CCNc1ncc(Br)c(N2CCSC(CC)C2)n1. The first kappa shape index (κ1) is 13.9. The molecule has 1 fully saturated rings. The zero-order chi connectivity index (χ0) is 13.0. The fourth-order valence-electron chi connectivity index (χ4n) is 1.98. The van der Waals surface area contributed by atoms with Crippen LogP contribution in [0.3, 0.4) is 0 Å². The molecule has 1 saturated heterocycles. The first-order chi connectivity index (χ1) is 8.74. The van der Waals surface area contributed by atoms with Crippen LogP contribution in [0.1, 0.15) is 20.3 Å². The van der Waals surface area contributed by atoms with Crippen LogP contribution in [0.5, 0.6) is 0 Å². The summed E-state index contributed by atoms with van der Waals surface area (Å²) in [6, 6.07) is 0. The minimum atomic E-state index is 0.710. The average Bonchev–Trinajstić information content (AvgIpc) is 2.41. The highest BCUT2D eigenvalue weighted by molar-refractivity contribution is 9.10. The summed E-state index contributed by atoms with van der Waals surface area (Å²) < 4.78 is 0.978. The van der Waals surface area contributed by atoms with E-state index in [-0.39, 0.29) is 0 Å². The molecule has 2 heterocycles. The van der Waals surface area contributed by atoms with Gasteiger partial charge in [0.1, 0.15) is 5.82 Å². The predicted molar refractivity (Wildman–Crippen MR) is 82.6 cm³/mol. The molecule has 0 aliphatic carbocycles. The van der Waals surface area contributed by atoms with Crippen molar-refractivity contribution in [2.24, 2.45) is 0 Å². The normalized spacial score (nSPS) is 19.9. The number of nitrogens with zero attached hydrogens (tertiary/aromatic N) is 3. The van der Waals surface area contributed by atoms with Gasteiger partial charge in [0.15, 0.2) is 0 Å². The standard InChI is InChI=1S/C12H19BrN4S/c1-3-9-8-17(5-6-18-9)11-10(13)7-15-12(16-11)14-4-2/h7,9H,3-6,8H2,1-2H3,(H,14,15,16). The molecule has 1 aliphatic heterocycles. The molecule has 100 valence electrons. The summed E-state index contributed by atoms with van der Waals surface area (Å²) in [5.74, 6) is 2.90. The highest BCUT2D eigenvalue weighted by Crippen LogP contribution is 2.29. The van der Waals surface area contributed by atoms with Crippen LogP contribution >= 0.6 is 27.7 Å². The molecule has 1 atom stereocenters. The van der Waals surface area contributed by atoms with Gasteiger partial charge in [0.2, 0.25) is 5.95 Å². The van der Waals surface area contributed by atoms with Crippen LogP contribution < -0.4 is 10.2 Å². The van der Waals surface area contributed by atoms with E-state index in [9.17, 15) is 0 Å². The number of anilines is 2. The number of nitrogens with one attached hydrogen (secondary N) is 1. The summed E-state index contributed by atoms with van der Waals surface area (Å²) in [4.78, 5) is 11.2. The first-order valence-electron chi connectivity index (χ1n) is 6.37. The highest BCUT2D eigenvalue weighted by Gasteiger charge is 2.22. The molecular formula is C12H19BrN4S. The number of hydrogen-bond donors (Lipinski definition) is 1. The van der Waals surface area contributed by atoms with Crippen LogP contribution in [0.2, 0.25) is 0 Å². The second kappa shape index (κ2) is 6.61. The van der Waals surface area contributed by atoms with E-state index in [2.05, 4.69) is 61.7 Å². The van der Waals surface area contributed by atoms with Crippen molar-refractivity contribution < 1.29 is 0 Å². The Morgan fingerprint density at radius 3 is 3.11 bits per heavy atom. The Morgan fingerprint density at radius 2 is 2.39 bits per heavy atom. The largest absolute Gasteiger partial charge is 0.354 e. The highest BCUT2D eigenvalue weighted by atomic mass is 79.9. The number of rotatable bonds is 4. The molecule has 1 aromatic heterocycles. The molecule has 0 aromatic carbocycles. The van der Waals surface area contributed by atoms with Gasteiger partial charge in [0.25, 0.3) is 0 Å². The zero-order valence-corrected chi connectivity index (χ0v) is 13.2. The van der Waals surface area contributed by atoms with Gasteiger partial charge in [-0.15, -0.1) is 0 Å². The fourth-order valence-corrected chi connectivity index (χ4v) is 3.60. The molecule has 0 saturated carbocycles. The molecule has 18 heavy (non-hydrogen) atoms. The van der Waals surface area contributed by atoms with Gasteiger partial charge in [0.05, 0.1) is 4.47 Å². The third-order valence-corrected chi connectivity index (χ3v) is 4.89. The molecular weight excluding hydrogens is 312 g/mol. The Labute approximate surface area is 121 Å². The summed E-state index contributed by atoms with van der Waals surface area (Å²) >= 11 is 5.62. The molecule has 1 unspecified atom stereocenters. The average molecular weight is 331 g/mol. The second-order valence-electron chi connectivity index (χ2n) is 4.24. The lowest BCUT2D eigenvalue weighted by molar-refractivity contribution is 0.717. The molecule has 1 N–H and O–H groups in total. The van der Waals surface area contributed by atoms with E-state index in [1.54, 1.807) is 0 Å². The fraction of sp³-hybridized carbons (Fsp3) is 0.667. The molecule has 0 bridgehead atoms. The molecule has 0 spiro atoms. The molecule has 0 radical (unpaired) electrons. The maximum atomic E-state index is 4.60. The molecule has 4 nitrogen and oxygen atoms in total. The lowest BCUT2D eigenvalue weighted by Gasteiger charge is -2.33. The quantitative estimate of drug-likeness (QED) is 0.919. The smallest absolute Gasteiger partial charge is 0.224 e. The van der Waals surface area contributed by atoms with Crippen LogP contribution in [-0.2, 0) is 0 Å². The van der Waals surface area contributed by atoms with Crippen LogP contribution in [0, 0.1) is 0 Å². The van der Waals surface area contributed by atoms with Gasteiger partial charge in [-0.05, 0) is 29.3 Å². The summed E-state index contributed by atoms with van der Waals surface area (Å²) in [5.41, 5.74) is 0. The summed E-state index contributed by atoms with van der Waals surface area (Å²) in [6.07, 6.45) is 3.05. The van der Waals surface area contributed by atoms with Crippen LogP contribution in [0.4, 0.5) is 11.8 Å². The molecule has 1 aliphatic rings. The van der Waals surface area contributed by atoms with Crippen LogP contribution in [0.15, 0.2) is 10.7 Å². The van der Waals surface area contributed by atoms with Gasteiger partial charge in [-0.3, -0.25) is 0 Å². The maximum absolute atomic E-state index is 4.60. The summed E-state index contributed by atoms with van der Waals surface area (Å²) in [5, 5.41) is 3.88. The lowest BCUT2D eigenvalue weighted by Crippen LogP contribution is -2.38. The Balaban J connectivity index is 2.17. The van der Waals surface area contributed by atoms with Crippen LogP contribution in [-0.4, -0.2) is 40.6 Å². The summed E-state index contributed by atoms with van der Waals surface area (Å²) in [7, 11) is 0. The number of halogens is 1. The van der Waals surface area contributed by atoms with Crippen molar-refractivity contribution >= 4 is 39.5 Å². The third kappa shape index (κ3) is 3.29. The number of thioether (sulfide) groups is 1. The monoisotopic (exact) mass is 330 g/mol. The molecule has 1 aromatic rings. The van der Waals surface area contributed by atoms with Crippen molar-refractivity contribution in [1.82, 2.24) is 9.97 Å². The Kier molecular flexibility index (Phi) is 5.12. The van der Waals surface area contributed by atoms with Gasteiger partial charge in [-0.1, -0.05) is 6.92 Å². The molecule has 2 rings (SSSR count). The Morgan fingerprint density at radius 1 is 1.56 bits per heavy atom. The van der Waals surface area contributed by atoms with Gasteiger partial charge >= 0.3 is 0 Å². The van der Waals surface area contributed by atoms with E-state index in [1.165, 1.54) is 12.2 Å². The van der Waals surface area contributed by atoms with Crippen molar-refractivity contribution in [3.63, 3.8) is 0 Å². The van der Waals surface area contributed by atoms with Gasteiger partial charge < -0.3 is 10.2 Å². The Hall–Kier alpha value is -0.490. The van der Waals surface area contributed by atoms with Crippen molar-refractivity contribution in [1.29, 1.82) is 0 Å². The van der Waals surface area contributed by atoms with E-state index in [0.717, 1.165) is 29.9 Å².